The molecule has 0 spiro atoms. The lowest BCUT2D eigenvalue weighted by Crippen LogP contribution is -2.33. The summed E-state index contributed by atoms with van der Waals surface area (Å²) in [4.78, 5) is 12.2. The van der Waals surface area contributed by atoms with Crippen LogP contribution in [0.15, 0.2) is 66.7 Å². The average molecular weight is 433 g/mol. The second kappa shape index (κ2) is 10.2. The van der Waals surface area contributed by atoms with E-state index < -0.39 is 0 Å². The molecule has 0 amide bonds. The van der Waals surface area contributed by atoms with Crippen molar-refractivity contribution in [3.63, 3.8) is 0 Å². The smallest absolute Gasteiger partial charge is 0.338 e. The van der Waals surface area contributed by atoms with Crippen LogP contribution in [0.1, 0.15) is 51.1 Å². The van der Waals surface area contributed by atoms with Crippen LogP contribution in [0.4, 0.5) is 5.69 Å². The van der Waals surface area contributed by atoms with Crippen molar-refractivity contribution in [1.29, 1.82) is 0 Å². The minimum atomic E-state index is -0.333. The summed E-state index contributed by atoms with van der Waals surface area (Å²) in [5.41, 5.74) is 6.81. The molecule has 3 rings (SSSR count). The lowest BCUT2D eigenvalue weighted by molar-refractivity contribution is 0.0525. The first-order valence-corrected chi connectivity index (χ1v) is 10.8. The zero-order chi connectivity index (χ0) is 22.4. The van der Waals surface area contributed by atoms with Crippen molar-refractivity contribution < 1.29 is 9.53 Å². The number of thiocarbonyl (C=S) groups is 1. The minimum absolute atomic E-state index is 0.102. The van der Waals surface area contributed by atoms with E-state index in [1.54, 1.807) is 13.0 Å². The van der Waals surface area contributed by atoms with E-state index >= 15 is 0 Å². The first-order chi connectivity index (χ1) is 14.9. The molecule has 0 aliphatic heterocycles. The molecule has 0 radical (unpaired) electrons. The van der Waals surface area contributed by atoms with Crippen LogP contribution in [-0.4, -0.2) is 17.7 Å². The van der Waals surface area contributed by atoms with Crippen LogP contribution in [0.25, 0.3) is 0 Å². The minimum Gasteiger partial charge on any atom is -0.462 e. The van der Waals surface area contributed by atoms with E-state index in [4.69, 9.17) is 17.0 Å². The number of hydrogen-bond donors (Lipinski definition) is 2. The first-order valence-electron chi connectivity index (χ1n) is 10.4. The van der Waals surface area contributed by atoms with Crippen molar-refractivity contribution >= 4 is 29.0 Å². The highest BCUT2D eigenvalue weighted by Gasteiger charge is 2.18. The lowest BCUT2D eigenvalue weighted by atomic mass is 9.94. The third kappa shape index (κ3) is 5.50. The predicted octanol–water partition coefficient (Wildman–Crippen LogP) is 5.86. The first kappa shape index (κ1) is 22.5. The van der Waals surface area contributed by atoms with Crippen molar-refractivity contribution in [2.24, 2.45) is 0 Å². The quantitative estimate of drug-likeness (QED) is 0.377. The molecule has 4 nitrogen and oxygen atoms in total. The van der Waals surface area contributed by atoms with Gasteiger partial charge in [0.15, 0.2) is 5.11 Å². The van der Waals surface area contributed by atoms with Gasteiger partial charge < -0.3 is 15.4 Å². The molecule has 0 saturated heterocycles. The molecule has 0 fully saturated rings. The molecular weight excluding hydrogens is 404 g/mol. The van der Waals surface area contributed by atoms with Crippen LogP contribution in [0.2, 0.25) is 0 Å². The number of benzene rings is 3. The number of anilines is 1. The highest BCUT2D eigenvalue weighted by atomic mass is 32.1. The van der Waals surface area contributed by atoms with Gasteiger partial charge in [0.2, 0.25) is 0 Å². The lowest BCUT2D eigenvalue weighted by Gasteiger charge is -2.24. The largest absolute Gasteiger partial charge is 0.462 e. The van der Waals surface area contributed by atoms with E-state index in [9.17, 15) is 4.79 Å². The van der Waals surface area contributed by atoms with Gasteiger partial charge >= 0.3 is 5.97 Å². The molecule has 3 aromatic rings. The standard InChI is InChI=1S/C26H28N2O2S/c1-5-30-25(29)22-12-9-13-23(19(22)4)27-26(31)28-24(20-10-7-6-8-11-20)21-15-14-17(2)16-18(21)3/h6-16,24H,5H2,1-4H3,(H2,27,28,31). The monoisotopic (exact) mass is 432 g/mol. The number of nitrogens with one attached hydrogen (secondary N) is 2. The van der Waals surface area contributed by atoms with Gasteiger partial charge in [0.05, 0.1) is 18.2 Å². The Kier molecular flexibility index (Phi) is 7.42. The molecule has 0 aromatic heterocycles. The fourth-order valence-electron chi connectivity index (χ4n) is 3.63. The zero-order valence-corrected chi connectivity index (χ0v) is 19.2. The molecule has 0 aliphatic rings. The summed E-state index contributed by atoms with van der Waals surface area (Å²) < 4.78 is 5.16. The molecule has 1 atom stereocenters. The van der Waals surface area contributed by atoms with Crippen LogP contribution in [0.5, 0.6) is 0 Å². The molecule has 0 heterocycles. The van der Waals surface area contributed by atoms with E-state index in [1.807, 2.05) is 37.3 Å². The highest BCUT2D eigenvalue weighted by Crippen LogP contribution is 2.26. The van der Waals surface area contributed by atoms with Crippen molar-refractivity contribution in [3.05, 3.63) is 100 Å². The van der Waals surface area contributed by atoms with Gasteiger partial charge in [0.25, 0.3) is 0 Å². The maximum atomic E-state index is 12.2. The summed E-state index contributed by atoms with van der Waals surface area (Å²) in [6.45, 7) is 8.22. The molecule has 1 unspecified atom stereocenters. The molecule has 160 valence electrons. The number of aryl methyl sites for hydroxylation is 2. The van der Waals surface area contributed by atoms with E-state index in [0.29, 0.717) is 17.3 Å². The third-order valence-electron chi connectivity index (χ3n) is 5.22. The number of rotatable bonds is 6. The van der Waals surface area contributed by atoms with Gasteiger partial charge in [-0.2, -0.15) is 0 Å². The van der Waals surface area contributed by atoms with Gasteiger partial charge in [0, 0.05) is 5.69 Å². The Morgan fingerprint density at radius 3 is 2.42 bits per heavy atom. The van der Waals surface area contributed by atoms with Crippen LogP contribution in [0.3, 0.4) is 0 Å². The molecule has 3 aromatic carbocycles. The van der Waals surface area contributed by atoms with Gasteiger partial charge in [-0.1, -0.05) is 60.2 Å². The normalized spacial score (nSPS) is 11.5. The molecular formula is C26H28N2O2S. The van der Waals surface area contributed by atoms with Crippen LogP contribution < -0.4 is 10.6 Å². The summed E-state index contributed by atoms with van der Waals surface area (Å²) in [7, 11) is 0. The van der Waals surface area contributed by atoms with Crippen LogP contribution >= 0.6 is 12.2 Å². The Labute approximate surface area is 189 Å². The molecule has 0 bridgehead atoms. The van der Waals surface area contributed by atoms with Crippen molar-refractivity contribution in [2.75, 3.05) is 11.9 Å². The van der Waals surface area contributed by atoms with Crippen molar-refractivity contribution in [1.82, 2.24) is 5.32 Å². The number of esters is 1. The zero-order valence-electron chi connectivity index (χ0n) is 18.4. The van der Waals surface area contributed by atoms with E-state index in [1.165, 1.54) is 11.1 Å². The molecule has 2 N–H and O–H groups in total. The number of carbonyl (C=O) groups excluding carboxylic acids is 1. The Hall–Kier alpha value is -3.18. The van der Waals surface area contributed by atoms with E-state index in [2.05, 4.69) is 54.8 Å². The second-order valence-electron chi connectivity index (χ2n) is 7.50. The topological polar surface area (TPSA) is 50.4 Å². The summed E-state index contributed by atoms with van der Waals surface area (Å²) in [6.07, 6.45) is 0. The van der Waals surface area contributed by atoms with Crippen molar-refractivity contribution in [3.8, 4) is 0 Å². The Bertz CT molecular complexity index is 1080. The second-order valence-corrected chi connectivity index (χ2v) is 7.91. The Morgan fingerprint density at radius 2 is 1.74 bits per heavy atom. The molecule has 31 heavy (non-hydrogen) atoms. The Balaban J connectivity index is 1.87. The summed E-state index contributed by atoms with van der Waals surface area (Å²) in [5.74, 6) is -0.333. The summed E-state index contributed by atoms with van der Waals surface area (Å²) in [5, 5.41) is 7.21. The highest BCUT2D eigenvalue weighted by molar-refractivity contribution is 7.80. The fourth-order valence-corrected chi connectivity index (χ4v) is 3.85. The van der Waals surface area contributed by atoms with E-state index in [0.717, 1.165) is 22.4 Å². The van der Waals surface area contributed by atoms with Gasteiger partial charge in [-0.25, -0.2) is 4.79 Å². The number of carbonyl (C=O) groups is 1. The average Bonchev–Trinajstić information content (AvgIpc) is 2.75. The number of ether oxygens (including phenoxy) is 1. The van der Waals surface area contributed by atoms with Gasteiger partial charge in [-0.3, -0.25) is 0 Å². The maximum absolute atomic E-state index is 12.2. The summed E-state index contributed by atoms with van der Waals surface area (Å²) >= 11 is 5.66. The van der Waals surface area contributed by atoms with E-state index in [-0.39, 0.29) is 12.0 Å². The third-order valence-corrected chi connectivity index (χ3v) is 5.44. The maximum Gasteiger partial charge on any atom is 0.338 e. The number of hydrogen-bond acceptors (Lipinski definition) is 3. The Morgan fingerprint density at radius 1 is 1.00 bits per heavy atom. The van der Waals surface area contributed by atoms with Crippen molar-refractivity contribution in [2.45, 2.75) is 33.7 Å². The molecule has 0 aliphatic carbocycles. The SMILES string of the molecule is CCOC(=O)c1cccc(NC(=S)NC(c2ccccc2)c2ccc(C)cc2C)c1C. The summed E-state index contributed by atoms with van der Waals surface area (Å²) in [6, 6.07) is 22.1. The van der Waals surface area contributed by atoms with Gasteiger partial charge in [-0.15, -0.1) is 0 Å². The predicted molar refractivity (Wildman–Crippen MR) is 131 cm³/mol. The molecule has 5 heteroatoms. The van der Waals surface area contributed by atoms with Crippen LogP contribution in [-0.2, 0) is 4.74 Å². The van der Waals surface area contributed by atoms with Gasteiger partial charge in [0.1, 0.15) is 0 Å². The van der Waals surface area contributed by atoms with Crippen LogP contribution in [0, 0.1) is 20.8 Å². The van der Waals surface area contributed by atoms with Gasteiger partial charge in [-0.05, 0) is 74.3 Å². The molecule has 0 saturated carbocycles. The fraction of sp³-hybridized carbons (Fsp3) is 0.231.